The van der Waals surface area contributed by atoms with Crippen molar-refractivity contribution in [1.29, 1.82) is 0 Å². The Balaban J connectivity index is 2.09. The fourth-order valence-corrected chi connectivity index (χ4v) is 3.52. The van der Waals surface area contributed by atoms with Gasteiger partial charge in [0.05, 0.1) is 0 Å². The van der Waals surface area contributed by atoms with E-state index in [0.29, 0.717) is 18.0 Å². The first-order valence-electron chi connectivity index (χ1n) is 9.81. The molecular weight excluding hydrogens is 378 g/mol. The second-order valence-electron chi connectivity index (χ2n) is 9.45. The minimum Gasteiger partial charge on any atom is -0.458 e. The Morgan fingerprint density at radius 3 is 2.32 bits per heavy atom. The molecule has 1 aliphatic rings. The highest BCUT2D eigenvalue weighted by molar-refractivity contribution is 6.30. The second-order valence-corrected chi connectivity index (χ2v) is 9.89. The zero-order chi connectivity index (χ0) is 21.1. The van der Waals surface area contributed by atoms with E-state index in [1.54, 1.807) is 0 Å². The van der Waals surface area contributed by atoms with Gasteiger partial charge in [-0.05, 0) is 84.4 Å². The van der Waals surface area contributed by atoms with Gasteiger partial charge in [0.15, 0.2) is 0 Å². The van der Waals surface area contributed by atoms with E-state index in [1.165, 1.54) is 4.90 Å². The third-order valence-corrected chi connectivity index (χ3v) is 4.66. The van der Waals surface area contributed by atoms with Crippen molar-refractivity contribution in [3.8, 4) is 0 Å². The third kappa shape index (κ3) is 7.01. The first-order chi connectivity index (χ1) is 12.8. The lowest BCUT2D eigenvalue weighted by atomic mass is 9.97. The lowest BCUT2D eigenvalue weighted by Gasteiger charge is -2.29. The fourth-order valence-electron chi connectivity index (χ4n) is 3.31. The van der Waals surface area contributed by atoms with Crippen molar-refractivity contribution in [2.75, 3.05) is 6.54 Å². The van der Waals surface area contributed by atoms with Crippen LogP contribution in [0.4, 0.5) is 4.79 Å². The summed E-state index contributed by atoms with van der Waals surface area (Å²) in [6.45, 7) is 11.4. The number of ether oxygens (including phenoxy) is 2. The first-order valence-corrected chi connectivity index (χ1v) is 10.2. The summed E-state index contributed by atoms with van der Waals surface area (Å²) in [6, 6.07) is 7.16. The molecule has 1 aliphatic heterocycles. The summed E-state index contributed by atoms with van der Waals surface area (Å²) in [7, 11) is 0. The maximum atomic E-state index is 12.7. The number of likely N-dealkylation sites (tertiary alicyclic amines) is 1. The summed E-state index contributed by atoms with van der Waals surface area (Å²) < 4.78 is 11.1. The summed E-state index contributed by atoms with van der Waals surface area (Å²) in [5, 5.41) is 0.714. The van der Waals surface area contributed by atoms with Crippen molar-refractivity contribution in [3.05, 3.63) is 34.9 Å². The summed E-state index contributed by atoms with van der Waals surface area (Å²) in [5.74, 6) is -0.173. The molecule has 6 heteroatoms. The van der Waals surface area contributed by atoms with Gasteiger partial charge in [0, 0.05) is 11.6 Å². The van der Waals surface area contributed by atoms with E-state index in [0.717, 1.165) is 18.4 Å². The van der Waals surface area contributed by atoms with Crippen molar-refractivity contribution >= 4 is 23.7 Å². The molecule has 5 nitrogen and oxygen atoms in total. The van der Waals surface area contributed by atoms with E-state index in [-0.39, 0.29) is 11.9 Å². The smallest absolute Gasteiger partial charge is 0.411 e. The number of amides is 1. The number of carbonyl (C=O) groups excluding carboxylic acids is 2. The van der Waals surface area contributed by atoms with Crippen LogP contribution in [0.3, 0.4) is 0 Å². The van der Waals surface area contributed by atoms with Crippen molar-refractivity contribution < 1.29 is 19.1 Å². The Labute approximate surface area is 173 Å². The highest BCUT2D eigenvalue weighted by Gasteiger charge is 2.43. The number of carbonyl (C=O) groups is 2. The lowest BCUT2D eigenvalue weighted by molar-refractivity contribution is -0.160. The van der Waals surface area contributed by atoms with Gasteiger partial charge in [-0.3, -0.25) is 4.90 Å². The standard InChI is InChI=1S/C22H32ClNO4/c1-21(2,3)27-19(25)18-13-16(11-10-15-8-7-9-17(23)12-15)14-24(18)20(26)28-22(4,5)6/h7-9,12,16,18H,10-11,13-14H2,1-6H3/t16-,18-/m0/s1. The zero-order valence-corrected chi connectivity index (χ0v) is 18.5. The molecule has 1 heterocycles. The van der Waals surface area contributed by atoms with Gasteiger partial charge in [-0.25, -0.2) is 9.59 Å². The van der Waals surface area contributed by atoms with E-state index in [2.05, 4.69) is 0 Å². The topological polar surface area (TPSA) is 55.8 Å². The van der Waals surface area contributed by atoms with Crippen molar-refractivity contribution in [1.82, 2.24) is 4.90 Å². The summed E-state index contributed by atoms with van der Waals surface area (Å²) in [5.41, 5.74) is -0.0682. The van der Waals surface area contributed by atoms with Crippen LogP contribution in [-0.4, -0.2) is 40.8 Å². The Hall–Kier alpha value is -1.75. The average Bonchev–Trinajstić information content (AvgIpc) is 2.94. The Morgan fingerprint density at radius 1 is 1.11 bits per heavy atom. The van der Waals surface area contributed by atoms with Gasteiger partial charge in [-0.1, -0.05) is 23.7 Å². The first kappa shape index (κ1) is 22.5. The quantitative estimate of drug-likeness (QED) is 0.638. The molecule has 2 rings (SSSR count). The average molecular weight is 410 g/mol. The van der Waals surface area contributed by atoms with E-state index < -0.39 is 23.3 Å². The zero-order valence-electron chi connectivity index (χ0n) is 17.8. The van der Waals surface area contributed by atoms with Crippen LogP contribution in [0.15, 0.2) is 24.3 Å². The molecule has 1 amide bonds. The second kappa shape index (κ2) is 8.73. The molecule has 2 atom stereocenters. The largest absolute Gasteiger partial charge is 0.458 e. The molecule has 0 N–H and O–H groups in total. The highest BCUT2D eigenvalue weighted by Crippen LogP contribution is 2.30. The summed E-state index contributed by atoms with van der Waals surface area (Å²) in [6.07, 6.45) is 1.82. The fraction of sp³-hybridized carbons (Fsp3) is 0.636. The van der Waals surface area contributed by atoms with Crippen LogP contribution in [0.2, 0.25) is 5.02 Å². The molecule has 0 aromatic heterocycles. The van der Waals surface area contributed by atoms with Gasteiger partial charge in [-0.2, -0.15) is 0 Å². The van der Waals surface area contributed by atoms with Crippen LogP contribution >= 0.6 is 11.6 Å². The molecule has 1 fully saturated rings. The maximum Gasteiger partial charge on any atom is 0.411 e. The molecule has 0 radical (unpaired) electrons. The van der Waals surface area contributed by atoms with Crippen molar-refractivity contribution in [2.45, 2.75) is 78.0 Å². The third-order valence-electron chi connectivity index (χ3n) is 4.42. The van der Waals surface area contributed by atoms with Gasteiger partial charge in [0.2, 0.25) is 0 Å². The number of hydrogen-bond donors (Lipinski definition) is 0. The number of esters is 1. The van der Waals surface area contributed by atoms with Crippen LogP contribution in [0.25, 0.3) is 0 Å². The molecule has 1 aromatic rings. The van der Waals surface area contributed by atoms with Crippen LogP contribution in [0, 0.1) is 5.92 Å². The molecule has 0 spiro atoms. The number of benzene rings is 1. The Bertz CT molecular complexity index is 669. The molecule has 28 heavy (non-hydrogen) atoms. The van der Waals surface area contributed by atoms with Gasteiger partial charge in [0.1, 0.15) is 17.2 Å². The predicted octanol–water partition coefficient (Wildman–Crippen LogP) is 5.24. The lowest BCUT2D eigenvalue weighted by Crippen LogP contribution is -2.45. The van der Waals surface area contributed by atoms with Gasteiger partial charge in [-0.15, -0.1) is 0 Å². The summed E-state index contributed by atoms with van der Waals surface area (Å²) in [4.78, 5) is 26.9. The maximum absolute atomic E-state index is 12.7. The highest BCUT2D eigenvalue weighted by atomic mass is 35.5. The molecule has 0 unspecified atom stereocenters. The number of hydrogen-bond acceptors (Lipinski definition) is 4. The van der Waals surface area contributed by atoms with Crippen LogP contribution in [0.1, 0.15) is 59.9 Å². The van der Waals surface area contributed by atoms with E-state index in [9.17, 15) is 9.59 Å². The van der Waals surface area contributed by atoms with Crippen LogP contribution in [0.5, 0.6) is 0 Å². The molecule has 156 valence electrons. The van der Waals surface area contributed by atoms with Crippen molar-refractivity contribution in [2.24, 2.45) is 5.92 Å². The van der Waals surface area contributed by atoms with Gasteiger partial charge in [0.25, 0.3) is 0 Å². The molecule has 1 aromatic carbocycles. The molecular formula is C22H32ClNO4. The van der Waals surface area contributed by atoms with Gasteiger partial charge >= 0.3 is 12.1 Å². The Morgan fingerprint density at radius 2 is 1.75 bits per heavy atom. The van der Waals surface area contributed by atoms with E-state index >= 15 is 0 Å². The molecule has 1 saturated heterocycles. The Kier molecular flexibility index (Phi) is 7.02. The van der Waals surface area contributed by atoms with E-state index in [1.807, 2.05) is 65.8 Å². The van der Waals surface area contributed by atoms with Crippen LogP contribution < -0.4 is 0 Å². The molecule has 0 bridgehead atoms. The predicted molar refractivity (Wildman–Crippen MR) is 110 cm³/mol. The molecule has 0 saturated carbocycles. The monoisotopic (exact) mass is 409 g/mol. The number of rotatable bonds is 4. The number of halogens is 1. The SMILES string of the molecule is CC(C)(C)OC(=O)[C@@H]1C[C@H](CCc2cccc(Cl)c2)CN1C(=O)OC(C)(C)C. The normalized spacial score (nSPS) is 20.2. The summed E-state index contributed by atoms with van der Waals surface area (Å²) >= 11 is 6.06. The number of aryl methyl sites for hydroxylation is 1. The van der Waals surface area contributed by atoms with Crippen LogP contribution in [-0.2, 0) is 20.7 Å². The van der Waals surface area contributed by atoms with Gasteiger partial charge < -0.3 is 9.47 Å². The number of nitrogens with zero attached hydrogens (tertiary/aromatic N) is 1. The van der Waals surface area contributed by atoms with Crippen molar-refractivity contribution in [3.63, 3.8) is 0 Å². The molecule has 0 aliphatic carbocycles. The minimum absolute atomic E-state index is 0.198. The minimum atomic E-state index is -0.617. The van der Waals surface area contributed by atoms with E-state index in [4.69, 9.17) is 21.1 Å².